The first-order valence-electron chi connectivity index (χ1n) is 7.07. The van der Waals surface area contributed by atoms with E-state index in [2.05, 4.69) is 80.2 Å². The molecule has 3 rings (SSSR count). The maximum absolute atomic E-state index is 5.71. The molecule has 1 atom stereocenters. The topological polar surface area (TPSA) is 21.3 Å². The lowest BCUT2D eigenvalue weighted by Crippen LogP contribution is -2.19. The number of hydrogen-bond donors (Lipinski definition) is 1. The number of nitrogens with one attached hydrogen (secondary N) is 1. The van der Waals surface area contributed by atoms with Crippen LogP contribution in [0, 0.1) is 3.57 Å². The Balaban J connectivity index is 2.01. The van der Waals surface area contributed by atoms with Gasteiger partial charge in [-0.1, -0.05) is 28.1 Å². The Morgan fingerprint density at radius 2 is 2.10 bits per heavy atom. The highest BCUT2D eigenvalue weighted by molar-refractivity contribution is 14.1. The summed E-state index contributed by atoms with van der Waals surface area (Å²) in [4.78, 5) is 0. The van der Waals surface area contributed by atoms with Crippen LogP contribution in [0.1, 0.15) is 29.2 Å². The van der Waals surface area contributed by atoms with E-state index >= 15 is 0 Å². The number of fused-ring (bicyclic) bond motifs is 1. The molecule has 1 unspecified atom stereocenters. The molecular formula is C17H17BrINO. The van der Waals surface area contributed by atoms with Crippen LogP contribution >= 0.6 is 38.5 Å². The van der Waals surface area contributed by atoms with Crippen molar-refractivity contribution in [3.05, 3.63) is 61.1 Å². The summed E-state index contributed by atoms with van der Waals surface area (Å²) in [5.74, 6) is 1.04. The summed E-state index contributed by atoms with van der Waals surface area (Å²) in [5.41, 5.74) is 3.87. The maximum atomic E-state index is 5.71. The standard InChI is InChI=1S/C17H17BrINO/c1-20-17(14-10-13(19)5-6-15(14)18)12-4-7-16-11(9-12)3-2-8-21-16/h4-7,9-10,17,20H,2-3,8H2,1H3. The Labute approximate surface area is 147 Å². The van der Waals surface area contributed by atoms with Gasteiger partial charge >= 0.3 is 0 Å². The van der Waals surface area contributed by atoms with E-state index in [1.807, 2.05) is 7.05 Å². The molecule has 0 spiro atoms. The van der Waals surface area contributed by atoms with Crippen molar-refractivity contribution in [2.75, 3.05) is 13.7 Å². The second-order valence-corrected chi connectivity index (χ2v) is 7.31. The Morgan fingerprint density at radius 1 is 1.24 bits per heavy atom. The highest BCUT2D eigenvalue weighted by atomic mass is 127. The highest BCUT2D eigenvalue weighted by Crippen LogP contribution is 2.33. The smallest absolute Gasteiger partial charge is 0.122 e. The van der Waals surface area contributed by atoms with Crippen molar-refractivity contribution in [1.29, 1.82) is 0 Å². The Morgan fingerprint density at radius 3 is 2.90 bits per heavy atom. The van der Waals surface area contributed by atoms with Gasteiger partial charge in [0.1, 0.15) is 5.75 Å². The van der Waals surface area contributed by atoms with Crippen LogP contribution in [0.4, 0.5) is 0 Å². The van der Waals surface area contributed by atoms with Gasteiger partial charge in [0.05, 0.1) is 12.6 Å². The van der Waals surface area contributed by atoms with E-state index in [1.165, 1.54) is 20.3 Å². The summed E-state index contributed by atoms with van der Waals surface area (Å²) in [6.07, 6.45) is 2.21. The Hall–Kier alpha value is -0.590. The molecule has 0 aliphatic carbocycles. The number of ether oxygens (including phenoxy) is 1. The summed E-state index contributed by atoms with van der Waals surface area (Å²) in [6, 6.07) is 13.2. The van der Waals surface area contributed by atoms with E-state index in [0.717, 1.165) is 29.7 Å². The van der Waals surface area contributed by atoms with Crippen molar-refractivity contribution in [1.82, 2.24) is 5.32 Å². The normalized spacial score (nSPS) is 15.2. The first-order valence-corrected chi connectivity index (χ1v) is 8.94. The van der Waals surface area contributed by atoms with E-state index in [1.54, 1.807) is 0 Å². The van der Waals surface area contributed by atoms with Crippen LogP contribution in [-0.2, 0) is 6.42 Å². The number of aryl methyl sites for hydroxylation is 1. The van der Waals surface area contributed by atoms with Gasteiger partial charge in [-0.3, -0.25) is 0 Å². The molecule has 0 saturated heterocycles. The van der Waals surface area contributed by atoms with Crippen molar-refractivity contribution < 1.29 is 4.74 Å². The van der Waals surface area contributed by atoms with Crippen molar-refractivity contribution >= 4 is 38.5 Å². The van der Waals surface area contributed by atoms with E-state index in [4.69, 9.17) is 4.74 Å². The fraction of sp³-hybridized carbons (Fsp3) is 0.294. The first kappa shape index (κ1) is 15.3. The van der Waals surface area contributed by atoms with E-state index in [9.17, 15) is 0 Å². The Kier molecular flexibility index (Phi) is 4.86. The summed E-state index contributed by atoms with van der Waals surface area (Å²) in [6.45, 7) is 0.838. The zero-order chi connectivity index (χ0) is 14.8. The minimum atomic E-state index is 0.182. The third-order valence-corrected chi connectivity index (χ3v) is 5.22. The molecule has 4 heteroatoms. The first-order chi connectivity index (χ1) is 10.2. The van der Waals surface area contributed by atoms with Gasteiger partial charge in [0, 0.05) is 8.04 Å². The molecule has 0 radical (unpaired) electrons. The van der Waals surface area contributed by atoms with Crippen LogP contribution < -0.4 is 10.1 Å². The van der Waals surface area contributed by atoms with Gasteiger partial charge in [0.2, 0.25) is 0 Å². The molecule has 0 aromatic heterocycles. The second kappa shape index (κ2) is 6.67. The van der Waals surface area contributed by atoms with Crippen molar-refractivity contribution in [3.8, 4) is 5.75 Å². The SMILES string of the molecule is CNC(c1ccc2c(c1)CCCO2)c1cc(I)ccc1Br. The van der Waals surface area contributed by atoms with Crippen LogP contribution in [0.5, 0.6) is 5.75 Å². The van der Waals surface area contributed by atoms with Crippen LogP contribution in [0.3, 0.4) is 0 Å². The van der Waals surface area contributed by atoms with Gasteiger partial charge in [-0.15, -0.1) is 0 Å². The third-order valence-electron chi connectivity index (χ3n) is 3.82. The predicted molar refractivity (Wildman–Crippen MR) is 98.0 cm³/mol. The monoisotopic (exact) mass is 457 g/mol. The van der Waals surface area contributed by atoms with Crippen LogP contribution in [0.2, 0.25) is 0 Å². The zero-order valence-corrected chi connectivity index (χ0v) is 15.6. The van der Waals surface area contributed by atoms with Gasteiger partial charge in [0.25, 0.3) is 0 Å². The maximum Gasteiger partial charge on any atom is 0.122 e. The van der Waals surface area contributed by atoms with Gasteiger partial charge in [-0.05, 0) is 83.4 Å². The second-order valence-electron chi connectivity index (χ2n) is 5.21. The van der Waals surface area contributed by atoms with Crippen molar-refractivity contribution in [2.24, 2.45) is 0 Å². The molecular weight excluding hydrogens is 441 g/mol. The summed E-state index contributed by atoms with van der Waals surface area (Å²) < 4.78 is 8.09. The summed E-state index contributed by atoms with van der Waals surface area (Å²) >= 11 is 6.03. The molecule has 1 N–H and O–H groups in total. The van der Waals surface area contributed by atoms with E-state index < -0.39 is 0 Å². The lowest BCUT2D eigenvalue weighted by molar-refractivity contribution is 0.288. The molecule has 2 aromatic rings. The molecule has 0 amide bonds. The molecule has 110 valence electrons. The van der Waals surface area contributed by atoms with Gasteiger partial charge in [0.15, 0.2) is 0 Å². The number of halogens is 2. The molecule has 1 heterocycles. The third kappa shape index (κ3) is 3.27. The van der Waals surface area contributed by atoms with Crippen LogP contribution in [0.25, 0.3) is 0 Å². The lowest BCUT2D eigenvalue weighted by Gasteiger charge is -2.23. The van der Waals surface area contributed by atoms with Crippen molar-refractivity contribution in [2.45, 2.75) is 18.9 Å². The fourth-order valence-electron chi connectivity index (χ4n) is 2.80. The predicted octanol–water partition coefficient (Wildman–Crippen LogP) is 4.69. The minimum absolute atomic E-state index is 0.182. The molecule has 0 saturated carbocycles. The number of hydrogen-bond acceptors (Lipinski definition) is 2. The molecule has 2 nitrogen and oxygen atoms in total. The zero-order valence-electron chi connectivity index (χ0n) is 11.8. The van der Waals surface area contributed by atoms with Crippen molar-refractivity contribution in [3.63, 3.8) is 0 Å². The van der Waals surface area contributed by atoms with Crippen LogP contribution in [-0.4, -0.2) is 13.7 Å². The quantitative estimate of drug-likeness (QED) is 0.675. The number of benzene rings is 2. The molecule has 2 aromatic carbocycles. The van der Waals surface area contributed by atoms with Gasteiger partial charge < -0.3 is 10.1 Å². The summed E-state index contributed by atoms with van der Waals surface area (Å²) in [7, 11) is 2.01. The molecule has 0 fully saturated rings. The Bertz CT molecular complexity index is 659. The largest absolute Gasteiger partial charge is 0.493 e. The van der Waals surface area contributed by atoms with Gasteiger partial charge in [-0.2, -0.15) is 0 Å². The number of rotatable bonds is 3. The van der Waals surface area contributed by atoms with E-state index in [0.29, 0.717) is 0 Å². The lowest BCUT2D eigenvalue weighted by atomic mass is 9.95. The fourth-order valence-corrected chi connectivity index (χ4v) is 3.79. The molecule has 21 heavy (non-hydrogen) atoms. The highest BCUT2D eigenvalue weighted by Gasteiger charge is 2.18. The molecule has 0 bridgehead atoms. The summed E-state index contributed by atoms with van der Waals surface area (Å²) in [5, 5.41) is 3.44. The molecule has 1 aliphatic heterocycles. The average molecular weight is 458 g/mol. The average Bonchev–Trinajstić information content (AvgIpc) is 2.51. The van der Waals surface area contributed by atoms with Crippen LogP contribution in [0.15, 0.2) is 40.9 Å². The molecule has 1 aliphatic rings. The van der Waals surface area contributed by atoms with E-state index in [-0.39, 0.29) is 6.04 Å². The van der Waals surface area contributed by atoms with Gasteiger partial charge in [-0.25, -0.2) is 0 Å². The minimum Gasteiger partial charge on any atom is -0.493 e.